The molecule has 1 aliphatic carbocycles. The highest BCUT2D eigenvalue weighted by atomic mass is 16.5. The second-order valence-electron chi connectivity index (χ2n) is 7.82. The van der Waals surface area contributed by atoms with Gasteiger partial charge in [0.25, 0.3) is 0 Å². The number of phenolic OH excluding ortho intramolecular Hbond substituents is 1. The number of H-pyrrole nitrogens is 1. The van der Waals surface area contributed by atoms with Crippen molar-refractivity contribution in [3.8, 4) is 11.5 Å². The quantitative estimate of drug-likeness (QED) is 0.740. The van der Waals surface area contributed by atoms with E-state index in [1.165, 1.54) is 27.7 Å². The summed E-state index contributed by atoms with van der Waals surface area (Å²) in [7, 11) is 3.95. The summed E-state index contributed by atoms with van der Waals surface area (Å²) >= 11 is 0. The lowest BCUT2D eigenvalue weighted by Crippen LogP contribution is -2.52. The van der Waals surface area contributed by atoms with E-state index >= 15 is 0 Å². The van der Waals surface area contributed by atoms with Crippen LogP contribution in [-0.4, -0.2) is 41.7 Å². The zero-order chi connectivity index (χ0) is 17.9. The van der Waals surface area contributed by atoms with Crippen molar-refractivity contribution in [1.82, 2.24) is 9.88 Å². The van der Waals surface area contributed by atoms with Gasteiger partial charge in [-0.1, -0.05) is 12.1 Å². The van der Waals surface area contributed by atoms with Gasteiger partial charge in [-0.05, 0) is 67.9 Å². The number of aromatic hydroxyl groups is 1. The van der Waals surface area contributed by atoms with Gasteiger partial charge in [0.05, 0.1) is 7.11 Å². The Kier molecular flexibility index (Phi) is 3.35. The number of nitrogens with one attached hydrogen (secondary N) is 1. The fourth-order valence-corrected chi connectivity index (χ4v) is 5.16. The molecule has 4 nitrogen and oxygen atoms in total. The first-order valence-corrected chi connectivity index (χ1v) is 9.29. The third kappa shape index (κ3) is 2.12. The van der Waals surface area contributed by atoms with Crippen molar-refractivity contribution in [2.75, 3.05) is 20.7 Å². The van der Waals surface area contributed by atoms with Crippen LogP contribution < -0.4 is 4.74 Å². The topological polar surface area (TPSA) is 48.5 Å². The second-order valence-corrected chi connectivity index (χ2v) is 7.82. The average Bonchev–Trinajstić information content (AvgIpc) is 3.02. The predicted molar refractivity (Wildman–Crippen MR) is 103 cm³/mol. The van der Waals surface area contributed by atoms with Crippen molar-refractivity contribution < 1.29 is 9.84 Å². The van der Waals surface area contributed by atoms with Gasteiger partial charge in [-0.3, -0.25) is 0 Å². The molecule has 2 heterocycles. The second kappa shape index (κ2) is 5.52. The third-order valence-electron chi connectivity index (χ3n) is 6.50. The number of benzene rings is 2. The Bertz CT molecular complexity index is 993. The van der Waals surface area contributed by atoms with E-state index in [2.05, 4.69) is 35.1 Å². The number of phenols is 1. The molecule has 0 spiro atoms. The van der Waals surface area contributed by atoms with E-state index < -0.39 is 0 Å². The van der Waals surface area contributed by atoms with Gasteiger partial charge in [-0.2, -0.15) is 0 Å². The lowest BCUT2D eigenvalue weighted by Gasteiger charge is -2.50. The van der Waals surface area contributed by atoms with Crippen molar-refractivity contribution in [2.24, 2.45) is 0 Å². The van der Waals surface area contributed by atoms with Gasteiger partial charge in [0.2, 0.25) is 0 Å². The molecule has 0 amide bonds. The average molecular weight is 348 g/mol. The number of nitrogens with zero attached hydrogens (tertiary/aromatic N) is 1. The maximum absolute atomic E-state index is 10.1. The Balaban J connectivity index is 1.81. The first kappa shape index (κ1) is 15.8. The number of hydrogen-bond donors (Lipinski definition) is 2. The zero-order valence-electron chi connectivity index (χ0n) is 15.2. The molecule has 2 aromatic carbocycles. The number of hydrogen-bond acceptors (Lipinski definition) is 3. The standard InChI is InChI=1S/C22H24N2O2/c1-24-9-8-22(14-4-3-5-16(25)10-14)13-15(24)11-20-21(22)18-12-17(26-2)6-7-19(18)23-20/h3-7,10,12,15,23,25H,8-9,11,13H2,1-2H3/t15-,22-/m1/s1. The minimum atomic E-state index is -0.0614. The number of ether oxygens (including phenoxy) is 1. The fourth-order valence-electron chi connectivity index (χ4n) is 5.16. The summed E-state index contributed by atoms with van der Waals surface area (Å²) < 4.78 is 5.50. The lowest BCUT2D eigenvalue weighted by atomic mass is 9.61. The molecule has 1 saturated heterocycles. The van der Waals surface area contributed by atoms with Gasteiger partial charge in [-0.25, -0.2) is 0 Å². The highest BCUT2D eigenvalue weighted by Gasteiger charge is 2.47. The molecule has 1 aliphatic heterocycles. The summed E-state index contributed by atoms with van der Waals surface area (Å²) in [5.41, 5.74) is 5.07. The molecule has 0 saturated carbocycles. The molecule has 4 heteroatoms. The summed E-state index contributed by atoms with van der Waals surface area (Å²) in [6, 6.07) is 14.7. The SMILES string of the molecule is COc1ccc2[nH]c3c(c2c1)[C@]1(c2cccc(O)c2)CCN(C)[C@H](C3)C1. The van der Waals surface area contributed by atoms with Crippen molar-refractivity contribution in [2.45, 2.75) is 30.7 Å². The van der Waals surface area contributed by atoms with Crippen LogP contribution in [0.25, 0.3) is 10.9 Å². The van der Waals surface area contributed by atoms with Crippen LogP contribution in [0.5, 0.6) is 11.5 Å². The molecule has 2 aliphatic rings. The van der Waals surface area contributed by atoms with E-state index in [1.54, 1.807) is 13.2 Å². The highest BCUT2D eigenvalue weighted by Crippen LogP contribution is 2.52. The van der Waals surface area contributed by atoms with Crippen molar-refractivity contribution in [3.63, 3.8) is 0 Å². The number of fused-ring (bicyclic) bond motifs is 6. The Morgan fingerprint density at radius 3 is 2.92 bits per heavy atom. The number of likely N-dealkylation sites (N-methyl/N-ethyl adjacent to an activating group) is 1. The molecule has 1 aromatic heterocycles. The largest absolute Gasteiger partial charge is 0.508 e. The Hall–Kier alpha value is -2.46. The number of likely N-dealkylation sites (tertiary alicyclic amines) is 1. The van der Waals surface area contributed by atoms with E-state index in [1.807, 2.05) is 18.2 Å². The molecule has 26 heavy (non-hydrogen) atoms. The Morgan fingerprint density at radius 1 is 1.23 bits per heavy atom. The Morgan fingerprint density at radius 2 is 2.12 bits per heavy atom. The lowest BCUT2D eigenvalue weighted by molar-refractivity contribution is 0.123. The van der Waals surface area contributed by atoms with Crippen LogP contribution in [0, 0.1) is 0 Å². The van der Waals surface area contributed by atoms with E-state index in [-0.39, 0.29) is 5.41 Å². The van der Waals surface area contributed by atoms with Crippen LogP contribution in [-0.2, 0) is 11.8 Å². The smallest absolute Gasteiger partial charge is 0.119 e. The summed E-state index contributed by atoms with van der Waals surface area (Å²) in [4.78, 5) is 6.16. The molecule has 2 N–H and O–H groups in total. The molecule has 2 atom stereocenters. The summed E-state index contributed by atoms with van der Waals surface area (Å²) in [5.74, 6) is 1.23. The monoisotopic (exact) mass is 348 g/mol. The van der Waals surface area contributed by atoms with Gasteiger partial charge in [0, 0.05) is 34.5 Å². The van der Waals surface area contributed by atoms with Gasteiger partial charge in [-0.15, -0.1) is 0 Å². The van der Waals surface area contributed by atoms with Gasteiger partial charge in [0.15, 0.2) is 0 Å². The Labute approximate surface area is 153 Å². The maximum Gasteiger partial charge on any atom is 0.119 e. The minimum absolute atomic E-state index is 0.0614. The highest BCUT2D eigenvalue weighted by molar-refractivity contribution is 5.88. The van der Waals surface area contributed by atoms with Crippen LogP contribution in [0.1, 0.15) is 29.7 Å². The van der Waals surface area contributed by atoms with Crippen LogP contribution in [0.3, 0.4) is 0 Å². The van der Waals surface area contributed by atoms with Crippen molar-refractivity contribution in [1.29, 1.82) is 0 Å². The number of aromatic amines is 1. The van der Waals surface area contributed by atoms with Crippen LogP contribution in [0.2, 0.25) is 0 Å². The molecular formula is C22H24N2O2. The van der Waals surface area contributed by atoms with E-state index in [0.717, 1.165) is 31.6 Å². The van der Waals surface area contributed by atoms with Gasteiger partial charge < -0.3 is 19.7 Å². The van der Waals surface area contributed by atoms with Crippen LogP contribution in [0.4, 0.5) is 0 Å². The van der Waals surface area contributed by atoms with Crippen LogP contribution in [0.15, 0.2) is 42.5 Å². The van der Waals surface area contributed by atoms with Crippen LogP contribution >= 0.6 is 0 Å². The molecule has 2 bridgehead atoms. The van der Waals surface area contributed by atoms with Crippen molar-refractivity contribution in [3.05, 3.63) is 59.3 Å². The third-order valence-corrected chi connectivity index (χ3v) is 6.50. The van der Waals surface area contributed by atoms with E-state index in [0.29, 0.717) is 11.8 Å². The van der Waals surface area contributed by atoms with Crippen molar-refractivity contribution >= 4 is 10.9 Å². The molecule has 3 aromatic rings. The molecule has 5 rings (SSSR count). The zero-order valence-corrected chi connectivity index (χ0v) is 15.2. The van der Waals surface area contributed by atoms with Gasteiger partial charge in [0.1, 0.15) is 11.5 Å². The molecule has 0 radical (unpaired) electrons. The number of methoxy groups -OCH3 is 1. The summed E-state index contributed by atoms with van der Waals surface area (Å²) in [5, 5.41) is 11.4. The maximum atomic E-state index is 10.1. The minimum Gasteiger partial charge on any atom is -0.508 e. The first-order chi connectivity index (χ1) is 12.6. The predicted octanol–water partition coefficient (Wildman–Crippen LogP) is 3.82. The molecule has 1 fully saturated rings. The van der Waals surface area contributed by atoms with Gasteiger partial charge >= 0.3 is 0 Å². The van der Waals surface area contributed by atoms with E-state index in [9.17, 15) is 5.11 Å². The molecule has 134 valence electrons. The molecule has 0 unspecified atom stereocenters. The number of aromatic nitrogens is 1. The normalized spacial score (nSPS) is 25.2. The first-order valence-electron chi connectivity index (χ1n) is 9.29. The number of rotatable bonds is 2. The van der Waals surface area contributed by atoms with E-state index in [4.69, 9.17) is 4.74 Å². The summed E-state index contributed by atoms with van der Waals surface area (Å²) in [6.07, 6.45) is 3.19. The summed E-state index contributed by atoms with van der Waals surface area (Å²) in [6.45, 7) is 1.07. The fraction of sp³-hybridized carbons (Fsp3) is 0.364. The number of piperidine rings is 1. The molecular weight excluding hydrogens is 324 g/mol.